The van der Waals surface area contributed by atoms with Gasteiger partial charge in [-0.1, -0.05) is 18.7 Å². The van der Waals surface area contributed by atoms with E-state index in [-0.39, 0.29) is 17.0 Å². The minimum Gasteiger partial charge on any atom is -0.490 e. The summed E-state index contributed by atoms with van der Waals surface area (Å²) in [6.45, 7) is 18.1. The molecule has 2 rings (SSSR count). The van der Waals surface area contributed by atoms with E-state index in [1.807, 2.05) is 60.6 Å². The molecule has 0 atom stereocenters. The minimum atomic E-state index is -0.350. The molecule has 4 nitrogen and oxygen atoms in total. The number of rotatable bonds is 8. The van der Waals surface area contributed by atoms with E-state index < -0.39 is 0 Å². The van der Waals surface area contributed by atoms with Gasteiger partial charge in [0.15, 0.2) is 5.78 Å². The van der Waals surface area contributed by atoms with Crippen LogP contribution in [0.4, 0.5) is 0 Å². The van der Waals surface area contributed by atoms with Crippen LogP contribution in [0.2, 0.25) is 0 Å². The number of hydrogen-bond acceptors (Lipinski definition) is 4. The Bertz CT molecular complexity index is 902. The summed E-state index contributed by atoms with van der Waals surface area (Å²) < 4.78 is 17.8. The zero-order chi connectivity index (χ0) is 23.2. The molecular weight excluding hydrogens is 388 g/mol. The molecule has 0 bridgehead atoms. The van der Waals surface area contributed by atoms with Crippen molar-refractivity contribution in [3.05, 3.63) is 71.8 Å². The van der Waals surface area contributed by atoms with Gasteiger partial charge in [0.1, 0.15) is 35.1 Å². The smallest absolute Gasteiger partial charge is 0.185 e. The summed E-state index contributed by atoms with van der Waals surface area (Å²) in [7, 11) is 0. The quantitative estimate of drug-likeness (QED) is 0.266. The van der Waals surface area contributed by atoms with Crippen molar-refractivity contribution < 1.29 is 19.0 Å². The molecule has 0 saturated carbocycles. The molecule has 2 aromatic carbocycles. The lowest BCUT2D eigenvalue weighted by molar-refractivity contribution is 0.104. The third-order valence-electron chi connectivity index (χ3n) is 4.10. The molecule has 0 fully saturated rings. The van der Waals surface area contributed by atoms with E-state index in [1.165, 1.54) is 0 Å². The van der Waals surface area contributed by atoms with Crippen LogP contribution in [0.3, 0.4) is 0 Å². The van der Waals surface area contributed by atoms with E-state index >= 15 is 0 Å². The van der Waals surface area contributed by atoms with Gasteiger partial charge in [0.2, 0.25) is 0 Å². The number of ketones is 1. The average Bonchev–Trinajstić information content (AvgIpc) is 2.66. The summed E-state index contributed by atoms with van der Waals surface area (Å²) in [5.41, 5.74) is 1.66. The SMILES string of the molecule is C=CCOc1ccc(C(=O)C=Cc2cc(OC(C)(C)C)c(C)c(OC(C)(C)C)c2)cc1. The highest BCUT2D eigenvalue weighted by Crippen LogP contribution is 2.34. The molecule has 0 heterocycles. The fraction of sp³-hybridized carbons (Fsp3) is 0.370. The molecule has 0 spiro atoms. The van der Waals surface area contributed by atoms with Gasteiger partial charge >= 0.3 is 0 Å². The Morgan fingerprint density at radius 3 is 1.90 bits per heavy atom. The first kappa shape index (κ1) is 24.3. The van der Waals surface area contributed by atoms with Gasteiger partial charge in [0.25, 0.3) is 0 Å². The highest BCUT2D eigenvalue weighted by atomic mass is 16.5. The standard InChI is InChI=1S/C27H34O4/c1-9-16-29-22-13-11-21(12-14-22)23(28)15-10-20-17-24(30-26(3,4)5)19(2)25(18-20)31-27(6,7)8/h9-15,17-18H,1,16H2,2-8H3. The van der Waals surface area contributed by atoms with Crippen LogP contribution >= 0.6 is 0 Å². The van der Waals surface area contributed by atoms with E-state index in [2.05, 4.69) is 6.58 Å². The summed E-state index contributed by atoms with van der Waals surface area (Å²) in [6.07, 6.45) is 5.03. The van der Waals surface area contributed by atoms with Gasteiger partial charge in [0, 0.05) is 11.1 Å². The molecule has 0 amide bonds. The Kier molecular flexibility index (Phi) is 7.72. The van der Waals surface area contributed by atoms with E-state index in [0.717, 1.165) is 22.6 Å². The van der Waals surface area contributed by atoms with Crippen molar-refractivity contribution in [2.75, 3.05) is 6.61 Å². The Labute approximate surface area is 186 Å². The highest BCUT2D eigenvalue weighted by Gasteiger charge is 2.19. The molecule has 0 aliphatic carbocycles. The van der Waals surface area contributed by atoms with Crippen molar-refractivity contribution in [3.63, 3.8) is 0 Å². The van der Waals surface area contributed by atoms with Crippen LogP contribution in [0.1, 0.15) is 63.0 Å². The topological polar surface area (TPSA) is 44.8 Å². The summed E-state index contributed by atoms with van der Waals surface area (Å²) >= 11 is 0. The van der Waals surface area contributed by atoms with Crippen molar-refractivity contribution in [2.45, 2.75) is 59.7 Å². The van der Waals surface area contributed by atoms with Crippen LogP contribution in [0.5, 0.6) is 17.2 Å². The van der Waals surface area contributed by atoms with Gasteiger partial charge < -0.3 is 14.2 Å². The van der Waals surface area contributed by atoms with Gasteiger partial charge in [-0.15, -0.1) is 0 Å². The van der Waals surface area contributed by atoms with Crippen LogP contribution in [0.25, 0.3) is 6.08 Å². The van der Waals surface area contributed by atoms with E-state index in [9.17, 15) is 4.79 Å². The molecule has 0 aliphatic rings. The molecule has 4 heteroatoms. The fourth-order valence-electron chi connectivity index (χ4n) is 2.79. The minimum absolute atomic E-state index is 0.0903. The van der Waals surface area contributed by atoms with Crippen LogP contribution in [-0.4, -0.2) is 23.6 Å². The third kappa shape index (κ3) is 7.97. The van der Waals surface area contributed by atoms with Gasteiger partial charge in [-0.05, 0) is 96.5 Å². The van der Waals surface area contributed by atoms with Crippen molar-refractivity contribution >= 4 is 11.9 Å². The van der Waals surface area contributed by atoms with Crippen LogP contribution in [0, 0.1) is 6.92 Å². The van der Waals surface area contributed by atoms with E-state index in [1.54, 1.807) is 42.5 Å². The lowest BCUT2D eigenvalue weighted by atomic mass is 10.1. The lowest BCUT2D eigenvalue weighted by Crippen LogP contribution is -2.25. The predicted octanol–water partition coefficient (Wildman–Crippen LogP) is 6.81. The summed E-state index contributed by atoms with van der Waals surface area (Å²) in [6, 6.07) is 10.9. The molecule has 0 saturated heterocycles. The van der Waals surface area contributed by atoms with Gasteiger partial charge in [0.05, 0.1) is 0 Å². The molecule has 0 unspecified atom stereocenters. The maximum absolute atomic E-state index is 12.6. The van der Waals surface area contributed by atoms with Crippen LogP contribution < -0.4 is 14.2 Å². The van der Waals surface area contributed by atoms with Crippen molar-refractivity contribution in [3.8, 4) is 17.2 Å². The van der Waals surface area contributed by atoms with Crippen molar-refractivity contribution in [1.82, 2.24) is 0 Å². The first-order valence-corrected chi connectivity index (χ1v) is 10.5. The first-order chi connectivity index (χ1) is 14.4. The monoisotopic (exact) mass is 422 g/mol. The Morgan fingerprint density at radius 2 is 1.45 bits per heavy atom. The van der Waals surface area contributed by atoms with E-state index in [0.29, 0.717) is 17.9 Å². The normalized spacial score (nSPS) is 12.0. The van der Waals surface area contributed by atoms with Crippen LogP contribution in [0.15, 0.2) is 55.1 Å². The van der Waals surface area contributed by atoms with Crippen LogP contribution in [-0.2, 0) is 0 Å². The van der Waals surface area contributed by atoms with Gasteiger partial charge in [-0.3, -0.25) is 4.79 Å². The predicted molar refractivity (Wildman–Crippen MR) is 127 cm³/mol. The molecule has 166 valence electrons. The van der Waals surface area contributed by atoms with Crippen molar-refractivity contribution in [1.29, 1.82) is 0 Å². The summed E-state index contributed by atoms with van der Waals surface area (Å²) in [5, 5.41) is 0. The van der Waals surface area contributed by atoms with Gasteiger partial charge in [-0.2, -0.15) is 0 Å². The molecule has 2 aromatic rings. The second-order valence-electron chi connectivity index (χ2n) is 9.39. The number of benzene rings is 2. The molecule has 31 heavy (non-hydrogen) atoms. The second kappa shape index (κ2) is 9.86. The van der Waals surface area contributed by atoms with Gasteiger partial charge in [-0.25, -0.2) is 0 Å². The number of ether oxygens (including phenoxy) is 3. The Morgan fingerprint density at radius 1 is 0.935 bits per heavy atom. The maximum atomic E-state index is 12.6. The molecule has 0 aromatic heterocycles. The zero-order valence-electron chi connectivity index (χ0n) is 19.7. The largest absolute Gasteiger partial charge is 0.490 e. The average molecular weight is 423 g/mol. The number of hydrogen-bond donors (Lipinski definition) is 0. The molecule has 0 N–H and O–H groups in total. The van der Waals surface area contributed by atoms with Crippen molar-refractivity contribution in [2.24, 2.45) is 0 Å². The molecule has 0 aliphatic heterocycles. The number of allylic oxidation sites excluding steroid dienone is 1. The summed E-state index contributed by atoms with van der Waals surface area (Å²) in [5.74, 6) is 2.09. The molecule has 0 radical (unpaired) electrons. The summed E-state index contributed by atoms with van der Waals surface area (Å²) in [4.78, 5) is 12.6. The Hall–Kier alpha value is -3.01. The Balaban J connectivity index is 2.30. The lowest BCUT2D eigenvalue weighted by Gasteiger charge is -2.27. The van der Waals surface area contributed by atoms with E-state index in [4.69, 9.17) is 14.2 Å². The highest BCUT2D eigenvalue weighted by molar-refractivity contribution is 6.06. The zero-order valence-corrected chi connectivity index (χ0v) is 19.7. The maximum Gasteiger partial charge on any atom is 0.185 e. The second-order valence-corrected chi connectivity index (χ2v) is 9.39. The number of carbonyl (C=O) groups excluding carboxylic acids is 1. The third-order valence-corrected chi connectivity index (χ3v) is 4.10. The fourth-order valence-corrected chi connectivity index (χ4v) is 2.79. The molecular formula is C27H34O4. The number of carbonyl (C=O) groups is 1. The first-order valence-electron chi connectivity index (χ1n) is 10.5.